The summed E-state index contributed by atoms with van der Waals surface area (Å²) in [6.45, 7) is 6.63. The number of ether oxygens (including phenoxy) is 1. The van der Waals surface area contributed by atoms with E-state index in [4.69, 9.17) is 4.74 Å². The molecular weight excluding hydrogens is 392 g/mol. The van der Waals surface area contributed by atoms with Gasteiger partial charge in [-0.2, -0.15) is 0 Å². The molecule has 1 aliphatic heterocycles. The minimum atomic E-state index is -0.499. The molecule has 0 N–H and O–H groups in total. The Bertz CT molecular complexity index is 698. The maximum absolute atomic E-state index is 12.6. The van der Waals surface area contributed by atoms with Gasteiger partial charge in [0, 0.05) is 30.7 Å². The van der Waals surface area contributed by atoms with Gasteiger partial charge in [0.1, 0.15) is 10.8 Å². The molecule has 2 aromatic rings. The SMILES string of the molecule is Cc1nnc(N2CCN(C(=O)C(C)Oc3ccc(Br)cc3)CC2)s1. The second kappa shape index (κ2) is 7.48. The van der Waals surface area contributed by atoms with Crippen LogP contribution in [-0.4, -0.2) is 53.3 Å². The van der Waals surface area contributed by atoms with E-state index in [0.717, 1.165) is 27.7 Å². The Labute approximate surface area is 153 Å². The number of rotatable bonds is 4. The van der Waals surface area contributed by atoms with Crippen LogP contribution in [0.4, 0.5) is 5.13 Å². The Morgan fingerprint density at radius 1 is 1.21 bits per heavy atom. The average Bonchev–Trinajstić information content (AvgIpc) is 3.03. The zero-order valence-electron chi connectivity index (χ0n) is 13.6. The number of aryl methyl sites for hydroxylation is 1. The van der Waals surface area contributed by atoms with Crippen molar-refractivity contribution in [2.24, 2.45) is 0 Å². The fraction of sp³-hybridized carbons (Fsp3) is 0.438. The molecule has 1 amide bonds. The van der Waals surface area contributed by atoms with E-state index in [-0.39, 0.29) is 5.91 Å². The molecule has 0 spiro atoms. The molecule has 1 fully saturated rings. The lowest BCUT2D eigenvalue weighted by molar-refractivity contribution is -0.138. The van der Waals surface area contributed by atoms with E-state index >= 15 is 0 Å². The Morgan fingerprint density at radius 3 is 2.46 bits per heavy atom. The first-order valence-electron chi connectivity index (χ1n) is 7.79. The zero-order valence-corrected chi connectivity index (χ0v) is 16.0. The Morgan fingerprint density at radius 2 is 1.88 bits per heavy atom. The molecule has 128 valence electrons. The molecular formula is C16H19BrN4O2S. The smallest absolute Gasteiger partial charge is 0.263 e. The lowest BCUT2D eigenvalue weighted by atomic mass is 10.2. The summed E-state index contributed by atoms with van der Waals surface area (Å²) < 4.78 is 6.74. The first-order valence-corrected chi connectivity index (χ1v) is 9.40. The van der Waals surface area contributed by atoms with Crippen LogP contribution in [0.25, 0.3) is 0 Å². The second-order valence-corrected chi connectivity index (χ2v) is 7.71. The van der Waals surface area contributed by atoms with Crippen LogP contribution in [0.2, 0.25) is 0 Å². The third-order valence-corrected chi connectivity index (χ3v) is 5.28. The van der Waals surface area contributed by atoms with E-state index in [1.54, 1.807) is 18.3 Å². The van der Waals surface area contributed by atoms with Gasteiger partial charge in [0.15, 0.2) is 6.10 Å². The maximum atomic E-state index is 12.6. The van der Waals surface area contributed by atoms with Crippen LogP contribution in [0, 0.1) is 6.92 Å². The predicted octanol–water partition coefficient (Wildman–Crippen LogP) is 2.73. The van der Waals surface area contributed by atoms with Gasteiger partial charge in [0.25, 0.3) is 5.91 Å². The molecule has 0 bridgehead atoms. The van der Waals surface area contributed by atoms with Crippen molar-refractivity contribution < 1.29 is 9.53 Å². The normalized spacial score (nSPS) is 16.1. The zero-order chi connectivity index (χ0) is 17.1. The summed E-state index contributed by atoms with van der Waals surface area (Å²) in [5.74, 6) is 0.716. The van der Waals surface area contributed by atoms with Crippen LogP contribution >= 0.6 is 27.3 Å². The number of benzene rings is 1. The number of amides is 1. The summed E-state index contributed by atoms with van der Waals surface area (Å²) in [4.78, 5) is 16.6. The molecule has 1 aliphatic rings. The summed E-state index contributed by atoms with van der Waals surface area (Å²) in [5, 5.41) is 10.1. The van der Waals surface area contributed by atoms with Crippen molar-refractivity contribution in [1.82, 2.24) is 15.1 Å². The van der Waals surface area contributed by atoms with Crippen molar-refractivity contribution in [3.63, 3.8) is 0 Å². The van der Waals surface area contributed by atoms with Crippen molar-refractivity contribution in [3.8, 4) is 5.75 Å². The van der Waals surface area contributed by atoms with Gasteiger partial charge in [0.2, 0.25) is 5.13 Å². The largest absolute Gasteiger partial charge is 0.481 e. The van der Waals surface area contributed by atoms with E-state index in [1.165, 1.54) is 0 Å². The van der Waals surface area contributed by atoms with E-state index < -0.39 is 6.10 Å². The van der Waals surface area contributed by atoms with Crippen LogP contribution < -0.4 is 9.64 Å². The van der Waals surface area contributed by atoms with Crippen LogP contribution in [0.5, 0.6) is 5.75 Å². The fourth-order valence-electron chi connectivity index (χ4n) is 2.56. The molecule has 1 aromatic carbocycles. The first kappa shape index (κ1) is 17.2. The van der Waals surface area contributed by atoms with Crippen molar-refractivity contribution in [3.05, 3.63) is 33.7 Å². The molecule has 24 heavy (non-hydrogen) atoms. The molecule has 6 nitrogen and oxygen atoms in total. The molecule has 2 heterocycles. The molecule has 1 atom stereocenters. The van der Waals surface area contributed by atoms with E-state index in [9.17, 15) is 4.79 Å². The van der Waals surface area contributed by atoms with Gasteiger partial charge in [-0.05, 0) is 38.1 Å². The number of piperazine rings is 1. The molecule has 1 aromatic heterocycles. The monoisotopic (exact) mass is 410 g/mol. The number of aromatic nitrogens is 2. The van der Waals surface area contributed by atoms with Crippen molar-refractivity contribution in [1.29, 1.82) is 0 Å². The van der Waals surface area contributed by atoms with Gasteiger partial charge < -0.3 is 14.5 Å². The summed E-state index contributed by atoms with van der Waals surface area (Å²) in [5.41, 5.74) is 0. The Balaban J connectivity index is 1.53. The molecule has 1 saturated heterocycles. The lowest BCUT2D eigenvalue weighted by Gasteiger charge is -2.35. The number of hydrogen-bond donors (Lipinski definition) is 0. The number of halogens is 1. The number of carbonyl (C=O) groups excluding carboxylic acids is 1. The molecule has 8 heteroatoms. The number of anilines is 1. The fourth-order valence-corrected chi connectivity index (χ4v) is 3.56. The summed E-state index contributed by atoms with van der Waals surface area (Å²) in [6, 6.07) is 7.50. The molecule has 0 radical (unpaired) electrons. The molecule has 0 aliphatic carbocycles. The first-order chi connectivity index (χ1) is 11.5. The molecule has 0 saturated carbocycles. The van der Waals surface area contributed by atoms with Gasteiger partial charge in [-0.15, -0.1) is 10.2 Å². The second-order valence-electron chi connectivity index (χ2n) is 5.63. The van der Waals surface area contributed by atoms with Crippen LogP contribution in [0.1, 0.15) is 11.9 Å². The van der Waals surface area contributed by atoms with Gasteiger partial charge >= 0.3 is 0 Å². The number of nitrogens with zero attached hydrogens (tertiary/aromatic N) is 4. The summed E-state index contributed by atoms with van der Waals surface area (Å²) in [6.07, 6.45) is -0.499. The quantitative estimate of drug-likeness (QED) is 0.775. The van der Waals surface area contributed by atoms with Crippen molar-refractivity contribution in [2.75, 3.05) is 31.1 Å². The number of carbonyl (C=O) groups is 1. The van der Waals surface area contributed by atoms with Crippen LogP contribution in [-0.2, 0) is 4.79 Å². The average molecular weight is 411 g/mol. The highest BCUT2D eigenvalue weighted by Crippen LogP contribution is 2.22. The summed E-state index contributed by atoms with van der Waals surface area (Å²) >= 11 is 4.97. The van der Waals surface area contributed by atoms with Crippen molar-refractivity contribution in [2.45, 2.75) is 20.0 Å². The topological polar surface area (TPSA) is 58.6 Å². The highest BCUT2D eigenvalue weighted by Gasteiger charge is 2.27. The Hall–Kier alpha value is -1.67. The molecule has 1 unspecified atom stereocenters. The third-order valence-electron chi connectivity index (χ3n) is 3.85. The van der Waals surface area contributed by atoms with Crippen LogP contribution in [0.15, 0.2) is 28.7 Å². The standard InChI is InChI=1S/C16H19BrN4O2S/c1-11(23-14-5-3-13(17)4-6-14)15(22)20-7-9-21(10-8-20)16-19-18-12(2)24-16/h3-6,11H,7-10H2,1-2H3. The minimum Gasteiger partial charge on any atom is -0.481 e. The van der Waals surface area contributed by atoms with Gasteiger partial charge in [0.05, 0.1) is 0 Å². The van der Waals surface area contributed by atoms with E-state index in [2.05, 4.69) is 31.0 Å². The van der Waals surface area contributed by atoms with E-state index in [1.807, 2.05) is 36.1 Å². The van der Waals surface area contributed by atoms with Crippen molar-refractivity contribution >= 4 is 38.3 Å². The lowest BCUT2D eigenvalue weighted by Crippen LogP contribution is -2.52. The maximum Gasteiger partial charge on any atom is 0.263 e. The highest BCUT2D eigenvalue weighted by atomic mass is 79.9. The van der Waals surface area contributed by atoms with Gasteiger partial charge in [-0.1, -0.05) is 27.3 Å². The highest BCUT2D eigenvalue weighted by molar-refractivity contribution is 9.10. The predicted molar refractivity (Wildman–Crippen MR) is 97.7 cm³/mol. The number of hydrogen-bond acceptors (Lipinski definition) is 6. The van der Waals surface area contributed by atoms with E-state index in [0.29, 0.717) is 18.8 Å². The van der Waals surface area contributed by atoms with Crippen LogP contribution in [0.3, 0.4) is 0 Å². The molecule has 3 rings (SSSR count). The Kier molecular flexibility index (Phi) is 5.35. The summed E-state index contributed by atoms with van der Waals surface area (Å²) in [7, 11) is 0. The van der Waals surface area contributed by atoms with Gasteiger partial charge in [-0.3, -0.25) is 4.79 Å². The van der Waals surface area contributed by atoms with Gasteiger partial charge in [-0.25, -0.2) is 0 Å². The minimum absolute atomic E-state index is 0.0195. The third kappa shape index (κ3) is 4.05.